The fraction of sp³-hybridized carbons (Fsp3) is 0.421. The lowest BCUT2D eigenvalue weighted by atomic mass is 10.1. The van der Waals surface area contributed by atoms with Crippen LogP contribution in [0.1, 0.15) is 27.3 Å². The number of nitrogens with one attached hydrogen (secondary N) is 1. The standard InChI is InChI=1S/C19H23N3O3/c1-13-9-16(14(2)20-13)19(23)22-7-5-21(6-8-22)11-15-3-4-17-18(10-15)25-12-24-17/h3-4,9-10,20H,5-8,11-12H2,1-2H3. The monoisotopic (exact) mass is 341 g/mol. The molecule has 1 saturated heterocycles. The number of H-pyrrole nitrogens is 1. The van der Waals surface area contributed by atoms with E-state index in [-0.39, 0.29) is 5.91 Å². The summed E-state index contributed by atoms with van der Waals surface area (Å²) >= 11 is 0. The number of aromatic amines is 1. The number of fused-ring (bicyclic) bond motifs is 1. The van der Waals surface area contributed by atoms with E-state index in [9.17, 15) is 4.79 Å². The van der Waals surface area contributed by atoms with Gasteiger partial charge in [-0.15, -0.1) is 0 Å². The van der Waals surface area contributed by atoms with E-state index in [0.29, 0.717) is 6.79 Å². The molecule has 2 aromatic rings. The molecule has 0 unspecified atom stereocenters. The molecule has 1 fully saturated rings. The number of hydrogen-bond acceptors (Lipinski definition) is 4. The molecule has 0 spiro atoms. The summed E-state index contributed by atoms with van der Waals surface area (Å²) in [7, 11) is 0. The van der Waals surface area contributed by atoms with Gasteiger partial charge in [-0.3, -0.25) is 9.69 Å². The first kappa shape index (κ1) is 16.0. The first-order valence-electron chi connectivity index (χ1n) is 8.66. The fourth-order valence-corrected chi connectivity index (χ4v) is 3.52. The van der Waals surface area contributed by atoms with Crippen LogP contribution < -0.4 is 9.47 Å². The molecule has 132 valence electrons. The second-order valence-electron chi connectivity index (χ2n) is 6.75. The molecule has 0 bridgehead atoms. The summed E-state index contributed by atoms with van der Waals surface area (Å²) in [4.78, 5) is 20.2. The summed E-state index contributed by atoms with van der Waals surface area (Å²) in [5.41, 5.74) is 3.98. The normalized spacial score (nSPS) is 17.1. The van der Waals surface area contributed by atoms with Gasteiger partial charge < -0.3 is 19.4 Å². The predicted octanol–water partition coefficient (Wildman–Crippen LogP) is 2.32. The number of carbonyl (C=O) groups excluding carboxylic acids is 1. The van der Waals surface area contributed by atoms with Gasteiger partial charge in [-0.2, -0.15) is 0 Å². The zero-order chi connectivity index (χ0) is 17.4. The molecular weight excluding hydrogens is 318 g/mol. The van der Waals surface area contributed by atoms with Gasteiger partial charge in [-0.25, -0.2) is 0 Å². The first-order chi connectivity index (χ1) is 12.1. The van der Waals surface area contributed by atoms with Crippen LogP contribution in [0.2, 0.25) is 0 Å². The molecule has 3 heterocycles. The fourth-order valence-electron chi connectivity index (χ4n) is 3.52. The number of hydrogen-bond donors (Lipinski definition) is 1. The van der Waals surface area contributed by atoms with Gasteiger partial charge in [0.1, 0.15) is 0 Å². The van der Waals surface area contributed by atoms with Crippen LogP contribution in [0.15, 0.2) is 24.3 Å². The van der Waals surface area contributed by atoms with E-state index < -0.39 is 0 Å². The molecule has 1 amide bonds. The Morgan fingerprint density at radius 2 is 1.84 bits per heavy atom. The van der Waals surface area contributed by atoms with E-state index in [1.807, 2.05) is 36.9 Å². The number of rotatable bonds is 3. The summed E-state index contributed by atoms with van der Waals surface area (Å²) in [5.74, 6) is 1.77. The lowest BCUT2D eigenvalue weighted by molar-refractivity contribution is 0.0628. The van der Waals surface area contributed by atoms with Gasteiger partial charge >= 0.3 is 0 Å². The van der Waals surface area contributed by atoms with Crippen molar-refractivity contribution in [3.63, 3.8) is 0 Å². The summed E-state index contributed by atoms with van der Waals surface area (Å²) in [5, 5.41) is 0. The molecule has 1 N–H and O–H groups in total. The van der Waals surface area contributed by atoms with Crippen LogP contribution in [0.5, 0.6) is 11.5 Å². The third kappa shape index (κ3) is 3.22. The maximum Gasteiger partial charge on any atom is 0.255 e. The summed E-state index contributed by atoms with van der Waals surface area (Å²) in [6.45, 7) is 8.37. The predicted molar refractivity (Wildman–Crippen MR) is 94.0 cm³/mol. The van der Waals surface area contributed by atoms with Crippen LogP contribution in [-0.2, 0) is 6.54 Å². The van der Waals surface area contributed by atoms with Crippen molar-refractivity contribution < 1.29 is 14.3 Å². The second kappa shape index (κ2) is 6.44. The van der Waals surface area contributed by atoms with Crippen molar-refractivity contribution in [3.05, 3.63) is 46.8 Å². The molecule has 0 atom stereocenters. The topological polar surface area (TPSA) is 57.8 Å². The lowest BCUT2D eigenvalue weighted by Gasteiger charge is -2.34. The molecule has 0 radical (unpaired) electrons. The van der Waals surface area contributed by atoms with Crippen molar-refractivity contribution in [1.29, 1.82) is 0 Å². The van der Waals surface area contributed by atoms with E-state index in [0.717, 1.165) is 61.2 Å². The highest BCUT2D eigenvalue weighted by Crippen LogP contribution is 2.32. The van der Waals surface area contributed by atoms with E-state index >= 15 is 0 Å². The van der Waals surface area contributed by atoms with Gasteiger partial charge in [-0.1, -0.05) is 6.07 Å². The molecule has 0 aliphatic carbocycles. The van der Waals surface area contributed by atoms with Crippen LogP contribution in [0.3, 0.4) is 0 Å². The van der Waals surface area contributed by atoms with Gasteiger partial charge in [0.25, 0.3) is 5.91 Å². The van der Waals surface area contributed by atoms with Gasteiger partial charge in [0.2, 0.25) is 6.79 Å². The third-order valence-electron chi connectivity index (χ3n) is 4.88. The Labute approximate surface area is 147 Å². The van der Waals surface area contributed by atoms with E-state index in [1.54, 1.807) is 0 Å². The summed E-state index contributed by atoms with van der Waals surface area (Å²) in [6, 6.07) is 8.04. The smallest absolute Gasteiger partial charge is 0.255 e. The molecule has 4 rings (SSSR count). The number of benzene rings is 1. The Hall–Kier alpha value is -2.47. The van der Waals surface area contributed by atoms with Crippen LogP contribution >= 0.6 is 0 Å². The second-order valence-corrected chi connectivity index (χ2v) is 6.75. The van der Waals surface area contributed by atoms with Crippen molar-refractivity contribution in [1.82, 2.24) is 14.8 Å². The minimum absolute atomic E-state index is 0.129. The van der Waals surface area contributed by atoms with Gasteiger partial charge in [0.15, 0.2) is 11.5 Å². The SMILES string of the molecule is Cc1cc(C(=O)N2CCN(Cc3ccc4c(c3)OCO4)CC2)c(C)[nH]1. The van der Waals surface area contributed by atoms with Crippen molar-refractivity contribution in [2.45, 2.75) is 20.4 Å². The van der Waals surface area contributed by atoms with Gasteiger partial charge in [0, 0.05) is 44.1 Å². The lowest BCUT2D eigenvalue weighted by Crippen LogP contribution is -2.48. The maximum atomic E-state index is 12.7. The zero-order valence-corrected chi connectivity index (χ0v) is 14.7. The summed E-state index contributed by atoms with van der Waals surface area (Å²) < 4.78 is 10.8. The largest absolute Gasteiger partial charge is 0.454 e. The van der Waals surface area contributed by atoms with Crippen LogP contribution in [0.4, 0.5) is 0 Å². The van der Waals surface area contributed by atoms with Gasteiger partial charge in [-0.05, 0) is 37.6 Å². The van der Waals surface area contributed by atoms with Crippen molar-refractivity contribution >= 4 is 5.91 Å². The number of aryl methyl sites for hydroxylation is 2. The van der Waals surface area contributed by atoms with Crippen molar-refractivity contribution in [2.75, 3.05) is 33.0 Å². The molecular formula is C19H23N3O3. The quantitative estimate of drug-likeness (QED) is 0.931. The molecule has 6 heteroatoms. The minimum atomic E-state index is 0.129. The highest BCUT2D eigenvalue weighted by molar-refractivity contribution is 5.95. The van der Waals surface area contributed by atoms with E-state index in [1.165, 1.54) is 5.56 Å². The molecule has 6 nitrogen and oxygen atoms in total. The Kier molecular flexibility index (Phi) is 4.13. The molecule has 1 aromatic carbocycles. The average molecular weight is 341 g/mol. The summed E-state index contributed by atoms with van der Waals surface area (Å²) in [6.07, 6.45) is 0. The number of piperazine rings is 1. The molecule has 0 saturated carbocycles. The minimum Gasteiger partial charge on any atom is -0.454 e. The van der Waals surface area contributed by atoms with Crippen molar-refractivity contribution in [2.24, 2.45) is 0 Å². The Balaban J connectivity index is 1.35. The van der Waals surface area contributed by atoms with Crippen LogP contribution in [0.25, 0.3) is 0 Å². The first-order valence-corrected chi connectivity index (χ1v) is 8.66. The number of nitrogens with zero attached hydrogens (tertiary/aromatic N) is 2. The zero-order valence-electron chi connectivity index (χ0n) is 14.7. The third-order valence-corrected chi connectivity index (χ3v) is 4.88. The highest BCUT2D eigenvalue weighted by atomic mass is 16.7. The maximum absolute atomic E-state index is 12.7. The van der Waals surface area contributed by atoms with E-state index in [4.69, 9.17) is 9.47 Å². The number of ether oxygens (including phenoxy) is 2. The van der Waals surface area contributed by atoms with Crippen molar-refractivity contribution in [3.8, 4) is 11.5 Å². The molecule has 2 aliphatic rings. The van der Waals surface area contributed by atoms with E-state index in [2.05, 4.69) is 16.0 Å². The van der Waals surface area contributed by atoms with Gasteiger partial charge in [0.05, 0.1) is 5.56 Å². The average Bonchev–Trinajstić information content (AvgIpc) is 3.20. The molecule has 25 heavy (non-hydrogen) atoms. The Bertz CT molecular complexity index is 791. The number of aromatic nitrogens is 1. The highest BCUT2D eigenvalue weighted by Gasteiger charge is 2.24. The molecule has 1 aromatic heterocycles. The molecule has 2 aliphatic heterocycles. The Morgan fingerprint density at radius 3 is 2.56 bits per heavy atom. The van der Waals surface area contributed by atoms with Crippen LogP contribution in [0, 0.1) is 13.8 Å². The van der Waals surface area contributed by atoms with Crippen LogP contribution in [-0.4, -0.2) is 53.7 Å². The Morgan fingerprint density at radius 1 is 1.08 bits per heavy atom. The number of amides is 1. The number of carbonyl (C=O) groups is 1.